The molecule has 1 amide bonds. The zero-order valence-corrected chi connectivity index (χ0v) is 16.5. The number of sulfonamides is 1. The fourth-order valence-electron chi connectivity index (χ4n) is 3.26. The number of anilines is 1. The lowest BCUT2D eigenvalue weighted by molar-refractivity contribution is -0.122. The van der Waals surface area contributed by atoms with Gasteiger partial charge in [0.2, 0.25) is 15.9 Å². The van der Waals surface area contributed by atoms with Crippen molar-refractivity contribution in [1.29, 1.82) is 0 Å². The fraction of sp³-hybridized carbons (Fsp3) is 0.611. The summed E-state index contributed by atoms with van der Waals surface area (Å²) in [7, 11) is -4.06. The fourth-order valence-corrected chi connectivity index (χ4v) is 4.79. The molecule has 26 heavy (non-hydrogen) atoms. The Morgan fingerprint density at radius 2 is 1.96 bits per heavy atom. The van der Waals surface area contributed by atoms with Gasteiger partial charge in [-0.15, -0.1) is 0 Å². The van der Waals surface area contributed by atoms with E-state index in [0.717, 1.165) is 31.4 Å². The van der Waals surface area contributed by atoms with Crippen LogP contribution in [0.3, 0.4) is 0 Å². The van der Waals surface area contributed by atoms with Gasteiger partial charge in [-0.1, -0.05) is 12.8 Å². The van der Waals surface area contributed by atoms with Crippen LogP contribution in [0.25, 0.3) is 0 Å². The number of carbonyl (C=O) groups is 1. The Morgan fingerprint density at radius 1 is 1.31 bits per heavy atom. The molecule has 146 valence electrons. The van der Waals surface area contributed by atoms with Crippen molar-refractivity contribution in [3.05, 3.63) is 24.0 Å². The second kappa shape index (κ2) is 7.25. The van der Waals surface area contributed by atoms with Crippen LogP contribution in [0.2, 0.25) is 0 Å². The Kier molecular flexibility index (Phi) is 5.80. The first-order chi connectivity index (χ1) is 11.8. The lowest BCUT2D eigenvalue weighted by Crippen LogP contribution is -2.51. The van der Waals surface area contributed by atoms with Crippen molar-refractivity contribution in [2.45, 2.75) is 69.4 Å². The standard InChI is InChI=1S/C18H28FN3O3S/c1-17(2,3)22-26(24,25)15-11-12(8-9-14(15)19)21-16(23)13-7-5-6-10-18(13,4)20/h8-9,11,13,22H,5-7,10,20H2,1-4H3,(H,21,23). The van der Waals surface area contributed by atoms with Gasteiger partial charge in [-0.25, -0.2) is 17.5 Å². The molecule has 2 rings (SSSR count). The third-order valence-corrected chi connectivity index (χ3v) is 6.27. The van der Waals surface area contributed by atoms with E-state index in [1.54, 1.807) is 20.8 Å². The number of benzene rings is 1. The molecule has 1 aromatic rings. The van der Waals surface area contributed by atoms with E-state index in [4.69, 9.17) is 5.73 Å². The minimum atomic E-state index is -4.06. The molecule has 0 aromatic heterocycles. The predicted octanol–water partition coefficient (Wildman–Crippen LogP) is 2.75. The first kappa shape index (κ1) is 20.8. The second-order valence-electron chi connectivity index (χ2n) is 8.29. The molecule has 1 fully saturated rings. The Hall–Kier alpha value is -1.51. The van der Waals surface area contributed by atoms with E-state index in [0.29, 0.717) is 6.42 Å². The molecule has 4 N–H and O–H groups in total. The van der Waals surface area contributed by atoms with Gasteiger partial charge >= 0.3 is 0 Å². The van der Waals surface area contributed by atoms with Crippen molar-refractivity contribution in [1.82, 2.24) is 4.72 Å². The monoisotopic (exact) mass is 385 g/mol. The van der Waals surface area contributed by atoms with E-state index in [2.05, 4.69) is 10.0 Å². The van der Waals surface area contributed by atoms with Gasteiger partial charge < -0.3 is 11.1 Å². The maximum Gasteiger partial charge on any atom is 0.244 e. The lowest BCUT2D eigenvalue weighted by atomic mass is 9.74. The van der Waals surface area contributed by atoms with E-state index in [-0.39, 0.29) is 17.5 Å². The zero-order valence-electron chi connectivity index (χ0n) is 15.7. The average molecular weight is 386 g/mol. The van der Waals surface area contributed by atoms with Gasteiger partial charge in [-0.2, -0.15) is 0 Å². The molecule has 1 aliphatic carbocycles. The third kappa shape index (κ3) is 5.02. The second-order valence-corrected chi connectivity index (χ2v) is 9.94. The van der Waals surface area contributed by atoms with Crippen LogP contribution in [-0.4, -0.2) is 25.4 Å². The molecular formula is C18H28FN3O3S. The molecule has 2 atom stereocenters. The smallest absolute Gasteiger partial charge is 0.244 e. The number of rotatable bonds is 4. The van der Waals surface area contributed by atoms with Gasteiger partial charge in [-0.05, 0) is 58.7 Å². The van der Waals surface area contributed by atoms with Crippen molar-refractivity contribution in [2.75, 3.05) is 5.32 Å². The minimum Gasteiger partial charge on any atom is -0.326 e. The van der Waals surface area contributed by atoms with E-state index in [1.165, 1.54) is 6.07 Å². The summed E-state index contributed by atoms with van der Waals surface area (Å²) >= 11 is 0. The third-order valence-electron chi connectivity index (χ3n) is 4.50. The Labute approximate surface area is 154 Å². The summed E-state index contributed by atoms with van der Waals surface area (Å²) < 4.78 is 41.4. The number of nitrogens with one attached hydrogen (secondary N) is 2. The zero-order chi connectivity index (χ0) is 19.8. The molecule has 1 saturated carbocycles. The summed E-state index contributed by atoms with van der Waals surface area (Å²) in [6.45, 7) is 6.85. The van der Waals surface area contributed by atoms with Crippen molar-refractivity contribution in [2.24, 2.45) is 11.7 Å². The van der Waals surface area contributed by atoms with Gasteiger partial charge in [0.25, 0.3) is 0 Å². The van der Waals surface area contributed by atoms with Crippen molar-refractivity contribution in [3.63, 3.8) is 0 Å². The van der Waals surface area contributed by atoms with E-state index < -0.39 is 31.8 Å². The summed E-state index contributed by atoms with van der Waals surface area (Å²) in [5.41, 5.74) is 5.11. The summed E-state index contributed by atoms with van der Waals surface area (Å²) in [5, 5.41) is 2.69. The molecule has 0 saturated heterocycles. The molecule has 0 heterocycles. The van der Waals surface area contributed by atoms with Crippen LogP contribution in [-0.2, 0) is 14.8 Å². The molecular weight excluding hydrogens is 357 g/mol. The van der Waals surface area contributed by atoms with Gasteiger partial charge in [0.15, 0.2) is 0 Å². The SMILES string of the molecule is CC(C)(C)NS(=O)(=O)c1cc(NC(=O)C2CCCCC2(C)N)ccc1F. The maximum absolute atomic E-state index is 14.1. The number of hydrogen-bond donors (Lipinski definition) is 3. The summed E-state index contributed by atoms with van der Waals surface area (Å²) in [5.74, 6) is -1.51. The van der Waals surface area contributed by atoms with Crippen LogP contribution in [0.15, 0.2) is 23.1 Å². The van der Waals surface area contributed by atoms with Crippen molar-refractivity contribution >= 4 is 21.6 Å². The van der Waals surface area contributed by atoms with Crippen molar-refractivity contribution in [3.8, 4) is 0 Å². The highest BCUT2D eigenvalue weighted by Gasteiger charge is 2.38. The number of hydrogen-bond acceptors (Lipinski definition) is 4. The Balaban J connectivity index is 2.26. The van der Waals surface area contributed by atoms with E-state index >= 15 is 0 Å². The van der Waals surface area contributed by atoms with Crippen LogP contribution in [0.1, 0.15) is 53.4 Å². The first-order valence-electron chi connectivity index (χ1n) is 8.75. The molecule has 0 spiro atoms. The average Bonchev–Trinajstić information content (AvgIpc) is 2.46. The van der Waals surface area contributed by atoms with Crippen LogP contribution in [0.5, 0.6) is 0 Å². The summed E-state index contributed by atoms with van der Waals surface area (Å²) in [6.07, 6.45) is 3.33. The normalized spacial score (nSPS) is 24.3. The van der Waals surface area contributed by atoms with Gasteiger partial charge in [0, 0.05) is 16.8 Å². The molecule has 8 heteroatoms. The van der Waals surface area contributed by atoms with E-state index in [9.17, 15) is 17.6 Å². The highest BCUT2D eigenvalue weighted by Crippen LogP contribution is 2.32. The van der Waals surface area contributed by atoms with Crippen molar-refractivity contribution < 1.29 is 17.6 Å². The van der Waals surface area contributed by atoms with Crippen LogP contribution in [0, 0.1) is 11.7 Å². The number of carbonyl (C=O) groups excluding carboxylic acids is 1. The van der Waals surface area contributed by atoms with Gasteiger partial charge in [-0.3, -0.25) is 4.79 Å². The lowest BCUT2D eigenvalue weighted by Gasteiger charge is -2.37. The first-order valence-corrected chi connectivity index (χ1v) is 10.2. The van der Waals surface area contributed by atoms with Crippen LogP contribution < -0.4 is 15.8 Å². The van der Waals surface area contributed by atoms with E-state index in [1.807, 2.05) is 6.92 Å². The quantitative estimate of drug-likeness (QED) is 0.742. The van der Waals surface area contributed by atoms with Gasteiger partial charge in [0.1, 0.15) is 10.7 Å². The van der Waals surface area contributed by atoms with Gasteiger partial charge in [0.05, 0.1) is 5.92 Å². The number of halogens is 1. The highest BCUT2D eigenvalue weighted by molar-refractivity contribution is 7.89. The number of amides is 1. The molecule has 0 bridgehead atoms. The molecule has 1 aliphatic rings. The maximum atomic E-state index is 14.1. The summed E-state index contributed by atoms with van der Waals surface area (Å²) in [4.78, 5) is 12.1. The number of nitrogens with two attached hydrogens (primary N) is 1. The molecule has 1 aromatic carbocycles. The van der Waals surface area contributed by atoms with Crippen LogP contribution >= 0.6 is 0 Å². The highest BCUT2D eigenvalue weighted by atomic mass is 32.2. The summed E-state index contributed by atoms with van der Waals surface area (Å²) in [6, 6.07) is 3.52. The Morgan fingerprint density at radius 3 is 2.54 bits per heavy atom. The minimum absolute atomic E-state index is 0.229. The largest absolute Gasteiger partial charge is 0.326 e. The van der Waals surface area contributed by atoms with Crippen LogP contribution in [0.4, 0.5) is 10.1 Å². The molecule has 2 unspecified atom stereocenters. The predicted molar refractivity (Wildman–Crippen MR) is 99.7 cm³/mol. The topological polar surface area (TPSA) is 101 Å². The molecule has 0 aliphatic heterocycles. The molecule has 6 nitrogen and oxygen atoms in total. The Bertz CT molecular complexity index is 785. The molecule has 0 radical (unpaired) electrons.